The van der Waals surface area contributed by atoms with Crippen LogP contribution in [-0.2, 0) is 33.5 Å². The molecule has 0 aliphatic carbocycles. The SMILES string of the molecule is Cn1nccc1-c1cc(C(F)(F)F)ccn1.Cn1nccc1B(O)O.Cn1nccc1[C@H]1C[C@@H](C(F)(F)F)CCN1.FC(F)(F)c1ccnc(Br)c1. The first kappa shape index (κ1) is 42.1. The van der Waals surface area contributed by atoms with Crippen LogP contribution in [0.5, 0.6) is 0 Å². The first-order valence-corrected chi connectivity index (χ1v) is 15.8. The number of aromatic nitrogens is 8. The molecule has 0 saturated carbocycles. The average molecular weight is 812 g/mol. The van der Waals surface area contributed by atoms with Crippen molar-refractivity contribution in [3.05, 3.63) is 94.9 Å². The molecule has 5 aromatic rings. The number of nitrogens with zero attached hydrogens (tertiary/aromatic N) is 8. The van der Waals surface area contributed by atoms with Crippen molar-refractivity contribution in [1.29, 1.82) is 0 Å². The van der Waals surface area contributed by atoms with Crippen LogP contribution in [0.15, 0.2) is 78.1 Å². The van der Waals surface area contributed by atoms with Gasteiger partial charge in [0, 0.05) is 58.2 Å². The molecule has 2 atom stereocenters. The molecule has 5 aromatic heterocycles. The zero-order valence-electron chi connectivity index (χ0n) is 27.5. The smallest absolute Gasteiger partial charge is 0.422 e. The lowest BCUT2D eigenvalue weighted by atomic mass is 9.86. The Hall–Kier alpha value is -4.28. The predicted molar refractivity (Wildman–Crippen MR) is 174 cm³/mol. The first-order chi connectivity index (χ1) is 24.2. The van der Waals surface area contributed by atoms with Crippen molar-refractivity contribution in [2.24, 2.45) is 27.1 Å². The summed E-state index contributed by atoms with van der Waals surface area (Å²) in [5.41, 5.74) is 0.614. The molecule has 0 bridgehead atoms. The Morgan fingerprint density at radius 3 is 1.73 bits per heavy atom. The van der Waals surface area contributed by atoms with E-state index >= 15 is 0 Å². The monoisotopic (exact) mass is 811 g/mol. The highest BCUT2D eigenvalue weighted by Gasteiger charge is 2.42. The number of hydrogen-bond acceptors (Lipinski definition) is 8. The molecule has 0 spiro atoms. The van der Waals surface area contributed by atoms with E-state index in [-0.39, 0.29) is 29.2 Å². The number of pyridine rings is 2. The standard InChI is InChI=1S/C10H14F3N3.C10H8F3N3.C6H3BrF3N.C4H7BN2O2/c2*1-16-9(3-5-15-16)8-6-7(2-4-14-8)10(11,12)13;7-5-3-4(1-2-11-5)6(8,9)10;1-7-4(5(8)9)2-3-6-7/h3,5,7-8,14H,2,4,6H2,1H3;2-6H,1H3;1-3H;2-3,8-9H,1H3/t7-,8+;;;/m0.../s1. The second-order valence-electron chi connectivity index (χ2n) is 11.0. The summed E-state index contributed by atoms with van der Waals surface area (Å²) in [6, 6.07) is 8.48. The third-order valence-electron chi connectivity index (χ3n) is 7.43. The zero-order chi connectivity index (χ0) is 38.9. The minimum atomic E-state index is -4.35. The van der Waals surface area contributed by atoms with Gasteiger partial charge in [-0.1, -0.05) is 0 Å². The van der Waals surface area contributed by atoms with Gasteiger partial charge in [0.2, 0.25) is 0 Å². The van der Waals surface area contributed by atoms with E-state index < -0.39 is 42.7 Å². The van der Waals surface area contributed by atoms with Gasteiger partial charge in [-0.25, -0.2) is 4.98 Å². The third kappa shape index (κ3) is 12.4. The molecule has 1 aliphatic rings. The molecule has 1 fully saturated rings. The van der Waals surface area contributed by atoms with E-state index in [4.69, 9.17) is 10.0 Å². The summed E-state index contributed by atoms with van der Waals surface area (Å²) in [6.45, 7) is 0.403. The Balaban J connectivity index is 0.000000192. The normalized spacial score (nSPS) is 16.1. The highest BCUT2D eigenvalue weighted by molar-refractivity contribution is 9.10. The van der Waals surface area contributed by atoms with Crippen LogP contribution >= 0.6 is 15.9 Å². The summed E-state index contributed by atoms with van der Waals surface area (Å²) in [5.74, 6) is -1.20. The van der Waals surface area contributed by atoms with E-state index in [0.29, 0.717) is 17.8 Å². The molecule has 0 amide bonds. The topological polar surface area (TPSA) is 132 Å². The van der Waals surface area contributed by atoms with E-state index in [0.717, 1.165) is 42.4 Å². The Morgan fingerprint density at radius 2 is 1.29 bits per heavy atom. The second kappa shape index (κ2) is 18.0. The van der Waals surface area contributed by atoms with Gasteiger partial charge in [0.15, 0.2) is 0 Å². The van der Waals surface area contributed by atoms with Crippen LogP contribution in [0.25, 0.3) is 11.4 Å². The molecule has 0 unspecified atom stereocenters. The number of rotatable bonds is 3. The summed E-state index contributed by atoms with van der Waals surface area (Å²) in [7, 11) is 3.62. The highest BCUT2D eigenvalue weighted by Crippen LogP contribution is 2.38. The minimum Gasteiger partial charge on any atom is -0.422 e. The number of hydrogen-bond donors (Lipinski definition) is 3. The molecule has 1 aliphatic heterocycles. The number of aryl methyl sites for hydroxylation is 3. The molecule has 22 heteroatoms. The van der Waals surface area contributed by atoms with Crippen LogP contribution in [0.2, 0.25) is 0 Å². The van der Waals surface area contributed by atoms with Crippen LogP contribution < -0.4 is 10.9 Å². The number of alkyl halides is 9. The molecule has 11 nitrogen and oxygen atoms in total. The molecule has 3 N–H and O–H groups in total. The summed E-state index contributed by atoms with van der Waals surface area (Å²) in [6.07, 6.45) is -5.58. The average Bonchev–Trinajstić information content (AvgIpc) is 3.82. The molecule has 6 rings (SSSR count). The van der Waals surface area contributed by atoms with Crippen molar-refractivity contribution in [2.45, 2.75) is 37.4 Å². The van der Waals surface area contributed by atoms with Gasteiger partial charge in [0.1, 0.15) is 4.60 Å². The Labute approximate surface area is 299 Å². The van der Waals surface area contributed by atoms with E-state index in [1.807, 2.05) is 0 Å². The molecule has 0 radical (unpaired) electrons. The van der Waals surface area contributed by atoms with E-state index in [9.17, 15) is 39.5 Å². The van der Waals surface area contributed by atoms with Gasteiger partial charge >= 0.3 is 25.6 Å². The largest absolute Gasteiger partial charge is 0.507 e. The van der Waals surface area contributed by atoms with Crippen molar-refractivity contribution < 1.29 is 49.6 Å². The van der Waals surface area contributed by atoms with Crippen molar-refractivity contribution in [1.82, 2.24) is 44.6 Å². The molecule has 1 saturated heterocycles. The number of piperidine rings is 1. The summed E-state index contributed by atoms with van der Waals surface area (Å²) >= 11 is 2.84. The minimum absolute atomic E-state index is 0.100. The molecular weight excluding hydrogens is 780 g/mol. The maximum atomic E-state index is 12.6. The number of nitrogens with one attached hydrogen (secondary N) is 1. The Kier molecular flexibility index (Phi) is 14.6. The van der Waals surface area contributed by atoms with Crippen LogP contribution in [0.1, 0.15) is 35.7 Å². The van der Waals surface area contributed by atoms with Crippen LogP contribution in [-0.4, -0.2) is 69.2 Å². The van der Waals surface area contributed by atoms with Gasteiger partial charge in [-0.2, -0.15) is 54.8 Å². The zero-order valence-corrected chi connectivity index (χ0v) is 29.1. The van der Waals surface area contributed by atoms with E-state index in [1.165, 1.54) is 21.8 Å². The fourth-order valence-corrected chi connectivity index (χ4v) is 5.12. The van der Waals surface area contributed by atoms with Crippen molar-refractivity contribution in [3.63, 3.8) is 0 Å². The fraction of sp³-hybridized carbons (Fsp3) is 0.367. The fourth-order valence-electron chi connectivity index (χ4n) is 4.75. The van der Waals surface area contributed by atoms with Crippen molar-refractivity contribution in [2.75, 3.05) is 6.54 Å². The third-order valence-corrected chi connectivity index (χ3v) is 7.86. The van der Waals surface area contributed by atoms with E-state index in [2.05, 4.69) is 46.5 Å². The molecule has 52 heavy (non-hydrogen) atoms. The maximum absolute atomic E-state index is 12.6. The predicted octanol–water partition coefficient (Wildman–Crippen LogP) is 5.49. The van der Waals surface area contributed by atoms with Gasteiger partial charge < -0.3 is 15.4 Å². The molecular formula is C30H32BBrF9N9O2. The van der Waals surface area contributed by atoms with Crippen molar-refractivity contribution in [3.8, 4) is 11.4 Å². The first-order valence-electron chi connectivity index (χ1n) is 15.0. The summed E-state index contributed by atoms with van der Waals surface area (Å²) in [5, 5.41) is 31.9. The summed E-state index contributed by atoms with van der Waals surface area (Å²) in [4.78, 5) is 7.47. The van der Waals surface area contributed by atoms with Gasteiger partial charge in [0.05, 0.1) is 39.7 Å². The maximum Gasteiger partial charge on any atom is 0.507 e. The van der Waals surface area contributed by atoms with Gasteiger partial charge in [0.25, 0.3) is 0 Å². The van der Waals surface area contributed by atoms with Crippen LogP contribution in [0, 0.1) is 5.92 Å². The highest BCUT2D eigenvalue weighted by atomic mass is 79.9. The lowest BCUT2D eigenvalue weighted by molar-refractivity contribution is -0.183. The van der Waals surface area contributed by atoms with Gasteiger partial charge in [-0.15, -0.1) is 0 Å². The number of halogens is 10. The lowest BCUT2D eigenvalue weighted by Crippen LogP contribution is -2.38. The Bertz CT molecular complexity index is 1840. The second-order valence-corrected chi connectivity index (χ2v) is 11.8. The molecule has 6 heterocycles. The molecule has 0 aromatic carbocycles. The van der Waals surface area contributed by atoms with Crippen molar-refractivity contribution >= 4 is 28.6 Å². The van der Waals surface area contributed by atoms with Gasteiger partial charge in [-0.3, -0.25) is 19.0 Å². The summed E-state index contributed by atoms with van der Waals surface area (Å²) < 4.78 is 116. The van der Waals surface area contributed by atoms with Crippen LogP contribution in [0.4, 0.5) is 39.5 Å². The molecule has 282 valence electrons. The quantitative estimate of drug-likeness (QED) is 0.124. The van der Waals surface area contributed by atoms with Gasteiger partial charge in [-0.05, 0) is 77.8 Å². The Morgan fingerprint density at radius 1 is 0.731 bits per heavy atom. The van der Waals surface area contributed by atoms with Crippen LogP contribution in [0.3, 0.4) is 0 Å². The lowest BCUT2D eigenvalue weighted by Gasteiger charge is -2.31. The van der Waals surface area contributed by atoms with E-state index in [1.54, 1.807) is 50.2 Å².